The van der Waals surface area contributed by atoms with Crippen molar-refractivity contribution in [2.24, 2.45) is 18.9 Å². The monoisotopic (exact) mass is 210 g/mol. The lowest BCUT2D eigenvalue weighted by Crippen LogP contribution is -2.47. The van der Waals surface area contributed by atoms with E-state index in [9.17, 15) is 5.11 Å². The summed E-state index contributed by atoms with van der Waals surface area (Å²) in [5, 5.41) is 21.4. The molecular weight excluding hydrogens is 192 g/mol. The fourth-order valence-corrected chi connectivity index (χ4v) is 2.22. The molecule has 1 heterocycles. The van der Waals surface area contributed by atoms with Gasteiger partial charge in [-0.15, -0.1) is 5.10 Å². The van der Waals surface area contributed by atoms with Crippen LogP contribution >= 0.6 is 0 Å². The topological polar surface area (TPSA) is 63.8 Å². The molecule has 0 aromatic carbocycles. The second-order valence-electron chi connectivity index (χ2n) is 5.03. The summed E-state index contributed by atoms with van der Waals surface area (Å²) in [6.07, 6.45) is 2.31. The van der Waals surface area contributed by atoms with Crippen molar-refractivity contribution in [1.29, 1.82) is 0 Å². The van der Waals surface area contributed by atoms with Crippen LogP contribution in [0.15, 0.2) is 0 Å². The summed E-state index contributed by atoms with van der Waals surface area (Å²) in [4.78, 5) is 0. The van der Waals surface area contributed by atoms with Gasteiger partial charge in [-0.25, -0.2) is 4.68 Å². The van der Waals surface area contributed by atoms with Gasteiger partial charge < -0.3 is 5.11 Å². The summed E-state index contributed by atoms with van der Waals surface area (Å²) < 4.78 is 1.63. The molecule has 0 aliphatic heterocycles. The van der Waals surface area contributed by atoms with Crippen LogP contribution in [-0.2, 0) is 13.5 Å². The van der Waals surface area contributed by atoms with E-state index in [0.717, 1.165) is 18.7 Å². The van der Waals surface area contributed by atoms with E-state index in [-0.39, 0.29) is 0 Å². The third-order valence-electron chi connectivity index (χ3n) is 3.42. The minimum Gasteiger partial charge on any atom is -0.389 e. The lowest BCUT2D eigenvalue weighted by atomic mass is 9.65. The molecule has 0 spiro atoms. The maximum absolute atomic E-state index is 10.2. The molecule has 1 saturated carbocycles. The number of aliphatic hydroxyl groups is 1. The Morgan fingerprint density at radius 2 is 2.20 bits per heavy atom. The summed E-state index contributed by atoms with van der Waals surface area (Å²) >= 11 is 0. The second kappa shape index (κ2) is 3.56. The number of tetrazole rings is 1. The highest BCUT2D eigenvalue weighted by Gasteiger charge is 2.44. The van der Waals surface area contributed by atoms with Gasteiger partial charge in [-0.3, -0.25) is 0 Å². The van der Waals surface area contributed by atoms with Gasteiger partial charge in [0.25, 0.3) is 0 Å². The number of aromatic nitrogens is 4. The predicted octanol–water partition coefficient (Wildman–Crippen LogP) is 0.550. The number of aryl methyl sites for hydroxylation is 1. The fourth-order valence-electron chi connectivity index (χ4n) is 2.22. The molecule has 84 valence electrons. The molecule has 5 heteroatoms. The van der Waals surface area contributed by atoms with E-state index in [1.54, 1.807) is 11.7 Å². The Balaban J connectivity index is 1.95. The van der Waals surface area contributed by atoms with Crippen LogP contribution in [0.1, 0.15) is 32.5 Å². The van der Waals surface area contributed by atoms with Crippen LogP contribution < -0.4 is 0 Å². The molecule has 1 aromatic heterocycles. The first-order valence-corrected chi connectivity index (χ1v) is 5.44. The van der Waals surface area contributed by atoms with Crippen LogP contribution in [0.5, 0.6) is 0 Å². The Bertz CT molecular complexity index is 341. The Hall–Kier alpha value is -0.970. The maximum Gasteiger partial charge on any atom is 0.153 e. The molecule has 1 fully saturated rings. The normalized spacial score (nSPS) is 30.6. The van der Waals surface area contributed by atoms with Gasteiger partial charge in [0, 0.05) is 13.5 Å². The van der Waals surface area contributed by atoms with Crippen LogP contribution in [0, 0.1) is 11.8 Å². The molecular formula is C10H18N4O. The second-order valence-corrected chi connectivity index (χ2v) is 5.03. The Kier molecular flexibility index (Phi) is 2.50. The third-order valence-corrected chi connectivity index (χ3v) is 3.42. The van der Waals surface area contributed by atoms with Gasteiger partial charge in [0.15, 0.2) is 5.82 Å². The summed E-state index contributed by atoms with van der Waals surface area (Å²) in [6, 6.07) is 0. The zero-order valence-electron chi connectivity index (χ0n) is 9.51. The first-order chi connectivity index (χ1) is 7.00. The maximum atomic E-state index is 10.2. The molecule has 0 saturated heterocycles. The molecule has 1 N–H and O–H groups in total. The number of hydrogen-bond acceptors (Lipinski definition) is 4. The predicted molar refractivity (Wildman–Crippen MR) is 55.0 cm³/mol. The first kappa shape index (κ1) is 10.5. The highest BCUT2D eigenvalue weighted by molar-refractivity contribution is 5.01. The smallest absolute Gasteiger partial charge is 0.153 e. The van der Waals surface area contributed by atoms with Crippen molar-refractivity contribution in [1.82, 2.24) is 20.2 Å². The molecule has 1 aliphatic carbocycles. The number of rotatable bonds is 3. The molecule has 5 nitrogen and oxygen atoms in total. The number of hydrogen-bond donors (Lipinski definition) is 1. The lowest BCUT2D eigenvalue weighted by molar-refractivity contribution is -0.0877. The molecule has 0 radical (unpaired) electrons. The van der Waals surface area contributed by atoms with E-state index in [2.05, 4.69) is 29.4 Å². The Labute approximate surface area is 89.5 Å². The largest absolute Gasteiger partial charge is 0.389 e. The van der Waals surface area contributed by atoms with Crippen molar-refractivity contribution >= 4 is 0 Å². The van der Waals surface area contributed by atoms with Crippen LogP contribution in [0.3, 0.4) is 0 Å². The van der Waals surface area contributed by atoms with Gasteiger partial charge in [0.1, 0.15) is 0 Å². The molecule has 1 aromatic rings. The molecule has 0 unspecified atom stereocenters. The summed E-state index contributed by atoms with van der Waals surface area (Å²) in [5.74, 6) is 2.07. The van der Waals surface area contributed by atoms with Gasteiger partial charge in [0.05, 0.1) is 5.60 Å². The van der Waals surface area contributed by atoms with Crippen LogP contribution in [-0.4, -0.2) is 30.9 Å². The third kappa shape index (κ3) is 2.02. The van der Waals surface area contributed by atoms with Gasteiger partial charge in [-0.05, 0) is 35.1 Å². The summed E-state index contributed by atoms with van der Waals surface area (Å²) in [6.45, 7) is 4.41. The van der Waals surface area contributed by atoms with Crippen molar-refractivity contribution in [2.45, 2.75) is 38.7 Å². The Morgan fingerprint density at radius 1 is 1.53 bits per heavy atom. The summed E-state index contributed by atoms with van der Waals surface area (Å²) in [5.41, 5.74) is -0.572. The van der Waals surface area contributed by atoms with Gasteiger partial charge >= 0.3 is 0 Å². The first-order valence-electron chi connectivity index (χ1n) is 5.44. The quantitative estimate of drug-likeness (QED) is 0.791. The van der Waals surface area contributed by atoms with E-state index in [1.807, 2.05) is 0 Å². The minimum atomic E-state index is -0.572. The fraction of sp³-hybridized carbons (Fsp3) is 0.900. The average Bonchev–Trinajstić information content (AvgIpc) is 2.47. The van der Waals surface area contributed by atoms with Crippen molar-refractivity contribution in [3.8, 4) is 0 Å². The van der Waals surface area contributed by atoms with Crippen LogP contribution in [0.25, 0.3) is 0 Å². The van der Waals surface area contributed by atoms with Gasteiger partial charge in [-0.1, -0.05) is 13.8 Å². The molecule has 15 heavy (non-hydrogen) atoms. The highest BCUT2D eigenvalue weighted by Crippen LogP contribution is 2.43. The number of nitrogens with zero attached hydrogens (tertiary/aromatic N) is 4. The summed E-state index contributed by atoms with van der Waals surface area (Å²) in [7, 11) is 1.80. The molecule has 0 amide bonds. The molecule has 1 aliphatic rings. The van der Waals surface area contributed by atoms with E-state index in [0.29, 0.717) is 18.3 Å². The minimum absolute atomic E-state index is 0.569. The Morgan fingerprint density at radius 3 is 2.67 bits per heavy atom. The highest BCUT2D eigenvalue weighted by atomic mass is 16.3. The molecule has 0 bridgehead atoms. The van der Waals surface area contributed by atoms with E-state index in [1.165, 1.54) is 0 Å². The van der Waals surface area contributed by atoms with Crippen molar-refractivity contribution < 1.29 is 5.11 Å². The zero-order chi connectivity index (χ0) is 11.1. The average molecular weight is 210 g/mol. The van der Waals surface area contributed by atoms with E-state index in [4.69, 9.17) is 0 Å². The van der Waals surface area contributed by atoms with Crippen molar-refractivity contribution in [2.75, 3.05) is 0 Å². The van der Waals surface area contributed by atoms with Crippen molar-refractivity contribution in [3.05, 3.63) is 5.82 Å². The van der Waals surface area contributed by atoms with E-state index >= 15 is 0 Å². The molecule has 0 atom stereocenters. The van der Waals surface area contributed by atoms with E-state index < -0.39 is 5.60 Å². The van der Waals surface area contributed by atoms with Crippen molar-refractivity contribution in [3.63, 3.8) is 0 Å². The standard InChI is InChI=1S/C10H18N4O/c1-7(2)8-4-10(15,5-8)6-9-11-12-13-14(9)3/h7-8,15H,4-6H2,1-3H3/t8-,10-. The SMILES string of the molecule is CC(C)[C@H]1C[C@@](O)(Cc2nnnn2C)C1. The van der Waals surface area contributed by atoms with Gasteiger partial charge in [-0.2, -0.15) is 0 Å². The van der Waals surface area contributed by atoms with Crippen LogP contribution in [0.4, 0.5) is 0 Å². The lowest BCUT2D eigenvalue weighted by Gasteiger charge is -2.45. The zero-order valence-corrected chi connectivity index (χ0v) is 9.51. The van der Waals surface area contributed by atoms with Gasteiger partial charge in [0.2, 0.25) is 0 Å². The molecule has 2 rings (SSSR count). The van der Waals surface area contributed by atoms with Crippen LogP contribution in [0.2, 0.25) is 0 Å².